The molecule has 2 saturated heterocycles. The zero-order valence-electron chi connectivity index (χ0n) is 16.2. The van der Waals surface area contributed by atoms with E-state index in [1.165, 1.54) is 6.08 Å². The molecule has 0 unspecified atom stereocenters. The normalized spacial score (nSPS) is 18.5. The Morgan fingerprint density at radius 2 is 1.97 bits per heavy atom. The van der Waals surface area contributed by atoms with Crippen LogP contribution in [0, 0.1) is 6.92 Å². The van der Waals surface area contributed by atoms with E-state index in [-0.39, 0.29) is 17.4 Å². The number of imide groups is 1. The Kier molecular flexibility index (Phi) is 5.99. The molecule has 7 nitrogen and oxygen atoms in total. The predicted molar refractivity (Wildman–Crippen MR) is 114 cm³/mol. The van der Waals surface area contributed by atoms with Crippen LogP contribution in [0.5, 0.6) is 0 Å². The van der Waals surface area contributed by atoms with Crippen molar-refractivity contribution in [3.05, 3.63) is 51.6 Å². The second kappa shape index (κ2) is 8.67. The summed E-state index contributed by atoms with van der Waals surface area (Å²) in [7, 11) is 0. The van der Waals surface area contributed by atoms with Gasteiger partial charge in [0.05, 0.1) is 18.1 Å². The third-order valence-corrected chi connectivity index (χ3v) is 6.04. The number of furan rings is 1. The first kappa shape index (κ1) is 20.7. The summed E-state index contributed by atoms with van der Waals surface area (Å²) in [6, 6.07) is 9.03. The van der Waals surface area contributed by atoms with Crippen molar-refractivity contribution >= 4 is 46.5 Å². The number of nitrogens with zero attached hydrogens (tertiary/aromatic N) is 2. The van der Waals surface area contributed by atoms with E-state index in [9.17, 15) is 14.4 Å². The summed E-state index contributed by atoms with van der Waals surface area (Å²) in [6.07, 6.45) is 1.52. The molecule has 9 heteroatoms. The van der Waals surface area contributed by atoms with Gasteiger partial charge in [-0.05, 0) is 48.5 Å². The Hall–Kier alpha value is -2.55. The third kappa shape index (κ3) is 4.30. The van der Waals surface area contributed by atoms with Crippen molar-refractivity contribution in [1.29, 1.82) is 0 Å². The summed E-state index contributed by atoms with van der Waals surface area (Å²) in [5.41, 5.74) is 1.86. The highest BCUT2D eigenvalue weighted by molar-refractivity contribution is 8.18. The van der Waals surface area contributed by atoms with E-state index < -0.39 is 11.1 Å². The van der Waals surface area contributed by atoms with Crippen LogP contribution < -0.4 is 0 Å². The van der Waals surface area contributed by atoms with Gasteiger partial charge in [-0.25, -0.2) is 0 Å². The molecular formula is C21H19ClN2O5S. The number of aryl methyl sites for hydroxylation is 1. The van der Waals surface area contributed by atoms with Crippen molar-refractivity contribution < 1.29 is 23.5 Å². The first-order valence-electron chi connectivity index (χ1n) is 9.39. The summed E-state index contributed by atoms with van der Waals surface area (Å²) in [5.74, 6) is 0.291. The molecule has 2 aliphatic heterocycles. The largest absolute Gasteiger partial charge is 0.457 e. The van der Waals surface area contributed by atoms with Crippen LogP contribution in [-0.2, 0) is 14.3 Å². The van der Waals surface area contributed by atoms with Crippen molar-refractivity contribution in [2.75, 3.05) is 32.8 Å². The molecule has 0 radical (unpaired) electrons. The SMILES string of the molecule is Cc1ccc(Cl)cc1-c1ccc(/C=C2\SC(=O)N(CC(=O)N3CCOCC3)C2=O)o1. The van der Waals surface area contributed by atoms with E-state index in [0.29, 0.717) is 42.8 Å². The number of morpholine rings is 1. The first-order valence-corrected chi connectivity index (χ1v) is 10.6. The van der Waals surface area contributed by atoms with Crippen LogP contribution in [0.4, 0.5) is 4.79 Å². The zero-order chi connectivity index (χ0) is 21.3. The van der Waals surface area contributed by atoms with Gasteiger partial charge < -0.3 is 14.1 Å². The molecule has 0 saturated carbocycles. The molecule has 1 aromatic heterocycles. The minimum atomic E-state index is -0.497. The van der Waals surface area contributed by atoms with E-state index in [1.54, 1.807) is 23.1 Å². The number of rotatable bonds is 4. The molecule has 30 heavy (non-hydrogen) atoms. The number of ether oxygens (including phenoxy) is 1. The number of halogens is 1. The van der Waals surface area contributed by atoms with Gasteiger partial charge >= 0.3 is 0 Å². The standard InChI is InChI=1S/C21H19ClN2O5S/c1-13-2-3-14(22)10-16(13)17-5-4-15(29-17)11-18-20(26)24(21(27)30-18)12-19(25)23-6-8-28-9-7-23/h2-5,10-11H,6-9,12H2,1H3/b18-11-. The molecule has 0 bridgehead atoms. The molecule has 0 atom stereocenters. The number of amides is 3. The highest BCUT2D eigenvalue weighted by Crippen LogP contribution is 2.34. The number of hydrogen-bond acceptors (Lipinski definition) is 6. The van der Waals surface area contributed by atoms with Crippen LogP contribution in [-0.4, -0.2) is 59.7 Å². The number of carbonyl (C=O) groups is 3. The number of benzene rings is 1. The fourth-order valence-electron chi connectivity index (χ4n) is 3.25. The molecule has 156 valence electrons. The van der Waals surface area contributed by atoms with Gasteiger partial charge in [0.15, 0.2) is 0 Å². The van der Waals surface area contributed by atoms with Crippen molar-refractivity contribution in [1.82, 2.24) is 9.80 Å². The lowest BCUT2D eigenvalue weighted by atomic mass is 10.1. The van der Waals surface area contributed by atoms with Gasteiger partial charge in [0, 0.05) is 29.8 Å². The average molecular weight is 447 g/mol. The van der Waals surface area contributed by atoms with Gasteiger partial charge in [0.2, 0.25) is 5.91 Å². The van der Waals surface area contributed by atoms with Gasteiger partial charge in [-0.15, -0.1) is 0 Å². The molecule has 3 amide bonds. The number of thioether (sulfide) groups is 1. The van der Waals surface area contributed by atoms with E-state index in [4.69, 9.17) is 20.8 Å². The quantitative estimate of drug-likeness (QED) is 0.664. The second-order valence-electron chi connectivity index (χ2n) is 6.92. The lowest BCUT2D eigenvalue weighted by molar-refractivity contribution is -0.139. The Balaban J connectivity index is 1.49. The number of carbonyl (C=O) groups excluding carboxylic acids is 3. The highest BCUT2D eigenvalue weighted by atomic mass is 35.5. The summed E-state index contributed by atoms with van der Waals surface area (Å²) in [6.45, 7) is 3.52. The molecule has 1 aromatic carbocycles. The summed E-state index contributed by atoms with van der Waals surface area (Å²) in [4.78, 5) is 40.2. The van der Waals surface area contributed by atoms with Gasteiger partial charge in [0.1, 0.15) is 18.1 Å². The maximum atomic E-state index is 12.7. The molecule has 3 heterocycles. The lowest BCUT2D eigenvalue weighted by Gasteiger charge is -2.27. The van der Waals surface area contributed by atoms with Gasteiger partial charge in [0.25, 0.3) is 11.1 Å². The minimum absolute atomic E-state index is 0.221. The van der Waals surface area contributed by atoms with Gasteiger partial charge in [-0.1, -0.05) is 17.7 Å². The monoisotopic (exact) mass is 446 g/mol. The summed E-state index contributed by atoms with van der Waals surface area (Å²) < 4.78 is 11.1. The Morgan fingerprint density at radius 3 is 2.73 bits per heavy atom. The molecule has 2 fully saturated rings. The molecule has 4 rings (SSSR count). The number of hydrogen-bond donors (Lipinski definition) is 0. The van der Waals surface area contributed by atoms with Crippen LogP contribution in [0.2, 0.25) is 5.02 Å². The van der Waals surface area contributed by atoms with Crippen LogP contribution in [0.3, 0.4) is 0 Å². The fourth-order valence-corrected chi connectivity index (χ4v) is 4.24. The molecule has 0 aliphatic carbocycles. The van der Waals surface area contributed by atoms with Crippen molar-refractivity contribution in [2.24, 2.45) is 0 Å². The van der Waals surface area contributed by atoms with Gasteiger partial charge in [-0.3, -0.25) is 19.3 Å². The molecular weight excluding hydrogens is 428 g/mol. The zero-order valence-corrected chi connectivity index (χ0v) is 17.8. The Bertz CT molecular complexity index is 1040. The smallest absolute Gasteiger partial charge is 0.294 e. The molecule has 2 aromatic rings. The molecule has 0 N–H and O–H groups in total. The minimum Gasteiger partial charge on any atom is -0.457 e. The third-order valence-electron chi connectivity index (χ3n) is 4.90. The van der Waals surface area contributed by atoms with Crippen LogP contribution >= 0.6 is 23.4 Å². The maximum absolute atomic E-state index is 12.7. The van der Waals surface area contributed by atoms with Crippen molar-refractivity contribution in [3.8, 4) is 11.3 Å². The van der Waals surface area contributed by atoms with Crippen molar-refractivity contribution in [3.63, 3.8) is 0 Å². The topological polar surface area (TPSA) is 80.1 Å². The molecule has 2 aliphatic rings. The lowest BCUT2D eigenvalue weighted by Crippen LogP contribution is -2.46. The Morgan fingerprint density at radius 1 is 1.20 bits per heavy atom. The van der Waals surface area contributed by atoms with Gasteiger partial charge in [-0.2, -0.15) is 0 Å². The van der Waals surface area contributed by atoms with Crippen LogP contribution in [0.25, 0.3) is 17.4 Å². The van der Waals surface area contributed by atoms with E-state index in [1.807, 2.05) is 19.1 Å². The van der Waals surface area contributed by atoms with Crippen molar-refractivity contribution in [2.45, 2.75) is 6.92 Å². The highest BCUT2D eigenvalue weighted by Gasteiger charge is 2.37. The fraction of sp³-hybridized carbons (Fsp3) is 0.286. The predicted octanol–water partition coefficient (Wildman–Crippen LogP) is 3.80. The average Bonchev–Trinajstić information content (AvgIpc) is 3.30. The van der Waals surface area contributed by atoms with E-state index in [2.05, 4.69) is 0 Å². The van der Waals surface area contributed by atoms with E-state index >= 15 is 0 Å². The Labute approximate surface area is 182 Å². The van der Waals surface area contributed by atoms with Crippen LogP contribution in [0.15, 0.2) is 39.7 Å². The summed E-state index contributed by atoms with van der Waals surface area (Å²) in [5, 5.41) is 0.130. The summed E-state index contributed by atoms with van der Waals surface area (Å²) >= 11 is 6.88. The van der Waals surface area contributed by atoms with E-state index in [0.717, 1.165) is 27.8 Å². The molecule has 0 spiro atoms. The van der Waals surface area contributed by atoms with Crippen LogP contribution in [0.1, 0.15) is 11.3 Å². The second-order valence-corrected chi connectivity index (χ2v) is 8.35. The first-order chi connectivity index (χ1) is 14.4. The maximum Gasteiger partial charge on any atom is 0.294 e.